The fourth-order valence-corrected chi connectivity index (χ4v) is 3.15. The van der Waals surface area contributed by atoms with Gasteiger partial charge in [-0.3, -0.25) is 4.79 Å². The van der Waals surface area contributed by atoms with Gasteiger partial charge in [0.1, 0.15) is 0 Å². The van der Waals surface area contributed by atoms with Crippen molar-refractivity contribution in [3.05, 3.63) is 34.6 Å². The lowest BCUT2D eigenvalue weighted by Gasteiger charge is -2.11. The normalized spacial score (nSPS) is 19.1. The molecule has 0 bridgehead atoms. The second-order valence-electron chi connectivity index (χ2n) is 4.53. The van der Waals surface area contributed by atoms with Gasteiger partial charge in [-0.15, -0.1) is 0 Å². The highest BCUT2D eigenvalue weighted by Crippen LogP contribution is 2.22. The molecule has 2 N–H and O–H groups in total. The molecule has 6 heteroatoms. The minimum Gasteiger partial charge on any atom is -0.377 e. The molecular formula is C13H15N3O2S. The van der Waals surface area contributed by atoms with Gasteiger partial charge in [-0.1, -0.05) is 23.9 Å². The quantitative estimate of drug-likeness (QED) is 0.521. The summed E-state index contributed by atoms with van der Waals surface area (Å²) in [6.07, 6.45) is 2.41. The topological polar surface area (TPSA) is 70.1 Å². The minimum atomic E-state index is -0.208. The summed E-state index contributed by atoms with van der Waals surface area (Å²) >= 11 is 1.48. The van der Waals surface area contributed by atoms with Gasteiger partial charge in [0.2, 0.25) is 0 Å². The number of ether oxygens (including phenoxy) is 1. The highest BCUT2D eigenvalue weighted by atomic mass is 32.2. The Morgan fingerprint density at radius 3 is 3.11 bits per heavy atom. The van der Waals surface area contributed by atoms with Gasteiger partial charge < -0.3 is 10.6 Å². The molecule has 2 heterocycles. The Morgan fingerprint density at radius 2 is 2.32 bits per heavy atom. The standard InChI is InChI=1S/C13H15N3O2S/c14-16-12(17)10-5-1-2-6-11(10)15-13(16)19-8-9-4-3-7-18-9/h1-2,5-6,9H,3-4,7-8,14H2. The first-order chi connectivity index (χ1) is 9.25. The summed E-state index contributed by atoms with van der Waals surface area (Å²) in [6, 6.07) is 7.24. The number of nitrogen functional groups attached to an aromatic ring is 1. The molecule has 1 fully saturated rings. The SMILES string of the molecule is Nn1c(SCC2CCCO2)nc2ccccc2c1=O. The second kappa shape index (κ2) is 5.22. The Kier molecular flexibility index (Phi) is 3.44. The first-order valence-electron chi connectivity index (χ1n) is 6.27. The van der Waals surface area contributed by atoms with Crippen molar-refractivity contribution in [2.45, 2.75) is 24.1 Å². The van der Waals surface area contributed by atoms with Crippen molar-refractivity contribution in [2.75, 3.05) is 18.2 Å². The van der Waals surface area contributed by atoms with Gasteiger partial charge in [0.05, 0.1) is 17.0 Å². The van der Waals surface area contributed by atoms with Crippen molar-refractivity contribution in [3.8, 4) is 0 Å². The van der Waals surface area contributed by atoms with Crippen LogP contribution in [-0.4, -0.2) is 28.1 Å². The molecule has 1 aliphatic heterocycles. The molecule has 2 aromatic rings. The molecule has 100 valence electrons. The lowest BCUT2D eigenvalue weighted by Crippen LogP contribution is -2.30. The number of para-hydroxylation sites is 1. The van der Waals surface area contributed by atoms with Crippen LogP contribution in [-0.2, 0) is 4.74 Å². The average Bonchev–Trinajstić information content (AvgIpc) is 2.94. The molecule has 0 radical (unpaired) electrons. The van der Waals surface area contributed by atoms with E-state index in [0.29, 0.717) is 16.1 Å². The summed E-state index contributed by atoms with van der Waals surface area (Å²) in [4.78, 5) is 16.5. The van der Waals surface area contributed by atoms with E-state index in [0.717, 1.165) is 29.9 Å². The molecule has 5 nitrogen and oxygen atoms in total. The van der Waals surface area contributed by atoms with Gasteiger partial charge in [-0.25, -0.2) is 9.66 Å². The predicted octanol–water partition coefficient (Wildman–Crippen LogP) is 1.38. The maximum atomic E-state index is 12.1. The van der Waals surface area contributed by atoms with Crippen molar-refractivity contribution in [3.63, 3.8) is 0 Å². The maximum Gasteiger partial charge on any atom is 0.280 e. The number of rotatable bonds is 3. The van der Waals surface area contributed by atoms with E-state index in [1.165, 1.54) is 11.8 Å². The van der Waals surface area contributed by atoms with Crippen molar-refractivity contribution >= 4 is 22.7 Å². The fourth-order valence-electron chi connectivity index (χ4n) is 2.17. The monoisotopic (exact) mass is 277 g/mol. The minimum absolute atomic E-state index is 0.208. The fraction of sp³-hybridized carbons (Fsp3) is 0.385. The molecule has 1 unspecified atom stereocenters. The van der Waals surface area contributed by atoms with E-state index in [4.69, 9.17) is 10.6 Å². The van der Waals surface area contributed by atoms with E-state index in [2.05, 4.69) is 4.98 Å². The first-order valence-corrected chi connectivity index (χ1v) is 7.25. The number of thioether (sulfide) groups is 1. The summed E-state index contributed by atoms with van der Waals surface area (Å²) < 4.78 is 6.68. The van der Waals surface area contributed by atoms with Gasteiger partial charge in [0.15, 0.2) is 5.16 Å². The molecule has 19 heavy (non-hydrogen) atoms. The van der Waals surface area contributed by atoms with Crippen molar-refractivity contribution in [2.24, 2.45) is 0 Å². The van der Waals surface area contributed by atoms with Gasteiger partial charge in [-0.2, -0.15) is 0 Å². The summed E-state index contributed by atoms with van der Waals surface area (Å²) in [5.41, 5.74) is 0.476. The largest absolute Gasteiger partial charge is 0.377 e. The summed E-state index contributed by atoms with van der Waals surface area (Å²) in [5.74, 6) is 6.59. The van der Waals surface area contributed by atoms with Gasteiger partial charge >= 0.3 is 0 Å². The smallest absolute Gasteiger partial charge is 0.280 e. The number of nitrogens with two attached hydrogens (primary N) is 1. The van der Waals surface area contributed by atoms with Crippen molar-refractivity contribution in [1.29, 1.82) is 0 Å². The van der Waals surface area contributed by atoms with Crippen LogP contribution in [0.15, 0.2) is 34.2 Å². The number of hydrogen-bond donors (Lipinski definition) is 1. The van der Waals surface area contributed by atoms with Gasteiger partial charge in [0, 0.05) is 12.4 Å². The number of aromatic nitrogens is 2. The molecule has 1 aliphatic rings. The Morgan fingerprint density at radius 1 is 1.47 bits per heavy atom. The Hall–Kier alpha value is -1.53. The van der Waals surface area contributed by atoms with Crippen LogP contribution in [0, 0.1) is 0 Å². The van der Waals surface area contributed by atoms with Crippen LogP contribution in [0.25, 0.3) is 10.9 Å². The molecule has 0 aliphatic carbocycles. The zero-order valence-corrected chi connectivity index (χ0v) is 11.2. The van der Waals surface area contributed by atoms with Crippen LogP contribution in [0.1, 0.15) is 12.8 Å². The van der Waals surface area contributed by atoms with Crippen LogP contribution in [0.4, 0.5) is 0 Å². The van der Waals surface area contributed by atoms with Crippen molar-refractivity contribution < 1.29 is 4.74 Å². The first kappa shape index (κ1) is 12.5. The Labute approximate surface area is 114 Å². The number of hydrogen-bond acceptors (Lipinski definition) is 5. The van der Waals surface area contributed by atoms with Gasteiger partial charge in [0.25, 0.3) is 5.56 Å². The van der Waals surface area contributed by atoms with Crippen molar-refractivity contribution in [1.82, 2.24) is 9.66 Å². The third-order valence-corrected chi connectivity index (χ3v) is 4.28. The zero-order valence-electron chi connectivity index (χ0n) is 10.4. The molecule has 0 spiro atoms. The molecule has 1 aromatic carbocycles. The summed E-state index contributed by atoms with van der Waals surface area (Å²) in [5, 5.41) is 1.09. The highest BCUT2D eigenvalue weighted by molar-refractivity contribution is 7.99. The van der Waals surface area contributed by atoms with E-state index >= 15 is 0 Å². The van der Waals surface area contributed by atoms with E-state index in [-0.39, 0.29) is 11.7 Å². The van der Waals surface area contributed by atoms with E-state index in [9.17, 15) is 4.79 Å². The van der Waals surface area contributed by atoms with E-state index in [1.54, 1.807) is 6.07 Å². The van der Waals surface area contributed by atoms with Crippen LogP contribution < -0.4 is 11.4 Å². The third kappa shape index (κ3) is 2.46. The molecule has 1 aromatic heterocycles. The molecule has 0 saturated carbocycles. The number of nitrogens with zero attached hydrogens (tertiary/aromatic N) is 2. The number of benzene rings is 1. The zero-order chi connectivity index (χ0) is 13.2. The third-order valence-electron chi connectivity index (χ3n) is 3.20. The lowest BCUT2D eigenvalue weighted by molar-refractivity contribution is 0.129. The molecular weight excluding hydrogens is 262 g/mol. The van der Waals surface area contributed by atoms with Crippen LogP contribution >= 0.6 is 11.8 Å². The van der Waals surface area contributed by atoms with Crippen LogP contribution in [0.5, 0.6) is 0 Å². The Balaban J connectivity index is 1.90. The molecule has 1 atom stereocenters. The summed E-state index contributed by atoms with van der Waals surface area (Å²) in [6.45, 7) is 0.825. The molecule has 0 amide bonds. The lowest BCUT2D eigenvalue weighted by atomic mass is 10.2. The Bertz CT molecular complexity index is 650. The van der Waals surface area contributed by atoms with E-state index in [1.807, 2.05) is 18.2 Å². The maximum absolute atomic E-state index is 12.1. The van der Waals surface area contributed by atoms with Crippen LogP contribution in [0.3, 0.4) is 0 Å². The van der Waals surface area contributed by atoms with Crippen LogP contribution in [0.2, 0.25) is 0 Å². The molecule has 3 rings (SSSR count). The van der Waals surface area contributed by atoms with Gasteiger partial charge in [-0.05, 0) is 25.0 Å². The molecule has 1 saturated heterocycles. The van der Waals surface area contributed by atoms with E-state index < -0.39 is 0 Å². The highest BCUT2D eigenvalue weighted by Gasteiger charge is 2.17. The second-order valence-corrected chi connectivity index (χ2v) is 5.52. The summed E-state index contributed by atoms with van der Waals surface area (Å²) in [7, 11) is 0. The predicted molar refractivity (Wildman–Crippen MR) is 75.9 cm³/mol. The average molecular weight is 277 g/mol. The number of fused-ring (bicyclic) bond motifs is 1.